The van der Waals surface area contributed by atoms with Gasteiger partial charge in [0.05, 0.1) is 0 Å². The number of thiazole rings is 1. The quantitative estimate of drug-likeness (QED) is 0.845. The lowest BCUT2D eigenvalue weighted by Crippen LogP contribution is -2.07. The van der Waals surface area contributed by atoms with Crippen LogP contribution in [0.2, 0.25) is 0 Å². The van der Waals surface area contributed by atoms with Gasteiger partial charge in [-0.05, 0) is 24.6 Å². The minimum Gasteiger partial charge on any atom is -0.298 e. The van der Waals surface area contributed by atoms with Crippen LogP contribution in [-0.2, 0) is 4.79 Å². The van der Waals surface area contributed by atoms with E-state index in [0.29, 0.717) is 5.13 Å². The van der Waals surface area contributed by atoms with E-state index < -0.39 is 0 Å². The summed E-state index contributed by atoms with van der Waals surface area (Å²) in [6.45, 7) is 1.94. The fraction of sp³-hybridized carbons (Fsp3) is 0.0833. The number of amides is 1. The van der Waals surface area contributed by atoms with Crippen molar-refractivity contribution in [1.29, 1.82) is 0 Å². The second-order valence-electron chi connectivity index (χ2n) is 3.39. The highest BCUT2D eigenvalue weighted by Crippen LogP contribution is 2.16. The molecule has 0 aromatic carbocycles. The molecular formula is C12H11N3OS. The number of anilines is 1. The van der Waals surface area contributed by atoms with Crippen molar-refractivity contribution in [1.82, 2.24) is 9.97 Å². The van der Waals surface area contributed by atoms with E-state index >= 15 is 0 Å². The summed E-state index contributed by atoms with van der Waals surface area (Å²) in [5.41, 5.74) is 0.887. The smallest absolute Gasteiger partial charge is 0.250 e. The molecule has 1 N–H and O–H groups in total. The van der Waals surface area contributed by atoms with Gasteiger partial charge in [-0.1, -0.05) is 6.07 Å². The first-order valence-corrected chi connectivity index (χ1v) is 5.87. The second-order valence-corrected chi connectivity index (χ2v) is 4.62. The maximum absolute atomic E-state index is 11.5. The zero-order valence-corrected chi connectivity index (χ0v) is 10.1. The maximum Gasteiger partial charge on any atom is 0.250 e. The van der Waals surface area contributed by atoms with Crippen molar-refractivity contribution in [2.75, 3.05) is 5.32 Å². The number of pyridine rings is 1. The molecule has 2 aromatic rings. The highest BCUT2D eigenvalue weighted by Gasteiger charge is 2.01. The molecule has 0 bridgehead atoms. The predicted molar refractivity (Wildman–Crippen MR) is 68.8 cm³/mol. The van der Waals surface area contributed by atoms with Crippen LogP contribution in [0.4, 0.5) is 5.13 Å². The van der Waals surface area contributed by atoms with Gasteiger partial charge < -0.3 is 0 Å². The van der Waals surface area contributed by atoms with Crippen molar-refractivity contribution in [2.24, 2.45) is 0 Å². The number of hydrogen-bond donors (Lipinski definition) is 1. The third-order valence-electron chi connectivity index (χ3n) is 1.96. The first kappa shape index (κ1) is 11.5. The normalized spacial score (nSPS) is 10.6. The first-order valence-electron chi connectivity index (χ1n) is 5.05. The van der Waals surface area contributed by atoms with Crippen molar-refractivity contribution in [2.45, 2.75) is 6.92 Å². The number of nitrogens with zero attached hydrogens (tertiary/aromatic N) is 2. The molecule has 2 aromatic heterocycles. The van der Waals surface area contributed by atoms with E-state index in [-0.39, 0.29) is 5.91 Å². The molecular weight excluding hydrogens is 234 g/mol. The van der Waals surface area contributed by atoms with Crippen LogP contribution in [0, 0.1) is 6.92 Å². The molecule has 2 rings (SSSR count). The van der Waals surface area contributed by atoms with Crippen LogP contribution in [-0.4, -0.2) is 15.9 Å². The van der Waals surface area contributed by atoms with Crippen LogP contribution in [0.5, 0.6) is 0 Å². The number of hydrogen-bond acceptors (Lipinski definition) is 4. The molecule has 0 aliphatic rings. The Labute approximate surface area is 103 Å². The fourth-order valence-corrected chi connectivity index (χ4v) is 1.87. The monoisotopic (exact) mass is 245 g/mol. The standard InChI is InChI=1S/C12H11N3OS/c1-9-7-14-12(17-9)15-11(16)5-4-10-3-2-6-13-8-10/h2-8H,1H3,(H,14,15,16)/b5-4+. The Hall–Kier alpha value is -2.01. The van der Waals surface area contributed by atoms with Crippen molar-refractivity contribution in [3.05, 3.63) is 47.2 Å². The summed E-state index contributed by atoms with van der Waals surface area (Å²) >= 11 is 1.45. The zero-order chi connectivity index (χ0) is 12.1. The molecule has 17 heavy (non-hydrogen) atoms. The first-order chi connectivity index (χ1) is 8.24. The minimum atomic E-state index is -0.191. The molecule has 0 unspecified atom stereocenters. The van der Waals surface area contributed by atoms with Crippen molar-refractivity contribution >= 4 is 28.5 Å². The highest BCUT2D eigenvalue weighted by molar-refractivity contribution is 7.15. The Morgan fingerprint density at radius 1 is 1.47 bits per heavy atom. The van der Waals surface area contributed by atoms with Crippen LogP contribution >= 0.6 is 11.3 Å². The number of carbonyl (C=O) groups excluding carboxylic acids is 1. The van der Waals surface area contributed by atoms with Crippen LogP contribution < -0.4 is 5.32 Å². The predicted octanol–water partition coefficient (Wildman–Crippen LogP) is 2.50. The Kier molecular flexibility index (Phi) is 3.62. The molecule has 2 heterocycles. The van der Waals surface area contributed by atoms with Gasteiger partial charge in [0.25, 0.3) is 0 Å². The van der Waals surface area contributed by atoms with Gasteiger partial charge in [0, 0.05) is 29.5 Å². The third kappa shape index (κ3) is 3.49. The maximum atomic E-state index is 11.5. The lowest BCUT2D eigenvalue weighted by atomic mass is 10.2. The fourth-order valence-electron chi connectivity index (χ4n) is 1.21. The van der Waals surface area contributed by atoms with Gasteiger partial charge in [-0.3, -0.25) is 15.1 Å². The number of rotatable bonds is 3. The van der Waals surface area contributed by atoms with Gasteiger partial charge in [-0.15, -0.1) is 11.3 Å². The van der Waals surface area contributed by atoms with Crippen LogP contribution in [0.15, 0.2) is 36.8 Å². The van der Waals surface area contributed by atoms with E-state index in [0.717, 1.165) is 10.4 Å². The third-order valence-corrected chi connectivity index (χ3v) is 2.79. The Morgan fingerprint density at radius 2 is 2.35 bits per heavy atom. The van der Waals surface area contributed by atoms with Crippen molar-refractivity contribution in [3.8, 4) is 0 Å². The van der Waals surface area contributed by atoms with E-state index in [2.05, 4.69) is 15.3 Å². The SMILES string of the molecule is Cc1cnc(NC(=O)/C=C/c2cccnc2)s1. The summed E-state index contributed by atoms with van der Waals surface area (Å²) in [6, 6.07) is 3.70. The summed E-state index contributed by atoms with van der Waals surface area (Å²) in [5.74, 6) is -0.191. The summed E-state index contributed by atoms with van der Waals surface area (Å²) in [7, 11) is 0. The second kappa shape index (κ2) is 5.36. The number of aryl methyl sites for hydroxylation is 1. The van der Waals surface area contributed by atoms with E-state index in [4.69, 9.17) is 0 Å². The molecule has 0 saturated carbocycles. The van der Waals surface area contributed by atoms with Crippen molar-refractivity contribution in [3.63, 3.8) is 0 Å². The molecule has 0 radical (unpaired) electrons. The zero-order valence-electron chi connectivity index (χ0n) is 9.25. The Bertz CT molecular complexity index is 534. The number of aromatic nitrogens is 2. The molecule has 0 saturated heterocycles. The lowest BCUT2D eigenvalue weighted by molar-refractivity contribution is -0.111. The summed E-state index contributed by atoms with van der Waals surface area (Å²) in [6.07, 6.45) is 8.29. The Morgan fingerprint density at radius 3 is 3.00 bits per heavy atom. The van der Waals surface area contributed by atoms with Gasteiger partial charge in [0.15, 0.2) is 5.13 Å². The van der Waals surface area contributed by atoms with E-state index in [1.54, 1.807) is 24.7 Å². The molecule has 0 aliphatic heterocycles. The molecule has 86 valence electrons. The summed E-state index contributed by atoms with van der Waals surface area (Å²) in [4.78, 5) is 20.6. The van der Waals surface area contributed by atoms with Crippen LogP contribution in [0.25, 0.3) is 6.08 Å². The topological polar surface area (TPSA) is 54.9 Å². The molecule has 0 fully saturated rings. The molecule has 1 amide bonds. The average molecular weight is 245 g/mol. The summed E-state index contributed by atoms with van der Waals surface area (Å²) in [5, 5.41) is 3.31. The van der Waals surface area contributed by atoms with Crippen molar-refractivity contribution < 1.29 is 4.79 Å². The van der Waals surface area contributed by atoms with E-state index in [1.165, 1.54) is 17.4 Å². The molecule has 0 spiro atoms. The van der Waals surface area contributed by atoms with E-state index in [9.17, 15) is 4.79 Å². The number of nitrogens with one attached hydrogen (secondary N) is 1. The number of carbonyl (C=O) groups is 1. The minimum absolute atomic E-state index is 0.191. The largest absolute Gasteiger partial charge is 0.298 e. The molecule has 0 atom stereocenters. The van der Waals surface area contributed by atoms with Crippen LogP contribution in [0.3, 0.4) is 0 Å². The highest BCUT2D eigenvalue weighted by atomic mass is 32.1. The average Bonchev–Trinajstić information content (AvgIpc) is 2.73. The Balaban J connectivity index is 1.96. The van der Waals surface area contributed by atoms with Gasteiger partial charge in [-0.2, -0.15) is 0 Å². The van der Waals surface area contributed by atoms with Crippen LogP contribution in [0.1, 0.15) is 10.4 Å². The van der Waals surface area contributed by atoms with Gasteiger partial charge >= 0.3 is 0 Å². The molecule has 0 aliphatic carbocycles. The van der Waals surface area contributed by atoms with E-state index in [1.807, 2.05) is 19.1 Å². The molecule has 4 nitrogen and oxygen atoms in total. The van der Waals surface area contributed by atoms with Gasteiger partial charge in [0.2, 0.25) is 5.91 Å². The lowest BCUT2D eigenvalue weighted by Gasteiger charge is -1.95. The van der Waals surface area contributed by atoms with Gasteiger partial charge in [-0.25, -0.2) is 4.98 Å². The van der Waals surface area contributed by atoms with Gasteiger partial charge in [0.1, 0.15) is 0 Å². The summed E-state index contributed by atoms with van der Waals surface area (Å²) < 4.78 is 0. The molecule has 5 heteroatoms.